The average Bonchev–Trinajstić information content (AvgIpc) is 3.27. The van der Waals surface area contributed by atoms with Crippen molar-refractivity contribution >= 4 is 17.8 Å². The maximum atomic E-state index is 12.2. The fraction of sp³-hybridized carbons (Fsp3) is 0.600. The molecule has 1 saturated carbocycles. The van der Waals surface area contributed by atoms with Crippen LogP contribution < -0.4 is 16.0 Å². The molecule has 2 heterocycles. The standard InChI is InChI=1S/C20H27N3O5/c24-19(21-13-7-3-1-4-8-13)23-15-11-26-18-16(12-27-17(15)18)28-20(25)22-14-9-5-2-6-10-14/h1,3-4,7-8,14-18H,2,5-6,9-12H2,(H,22,25)(H2,21,23,24)/t15-,16-,17-,18+/m1/s1. The smallest absolute Gasteiger partial charge is 0.407 e. The summed E-state index contributed by atoms with van der Waals surface area (Å²) in [5, 5.41) is 8.61. The van der Waals surface area contributed by atoms with Gasteiger partial charge < -0.3 is 30.2 Å². The van der Waals surface area contributed by atoms with Crippen molar-refractivity contribution in [3.63, 3.8) is 0 Å². The molecule has 2 saturated heterocycles. The summed E-state index contributed by atoms with van der Waals surface area (Å²) in [6, 6.07) is 8.81. The summed E-state index contributed by atoms with van der Waals surface area (Å²) in [5.74, 6) is 0. The Kier molecular flexibility index (Phi) is 5.97. The van der Waals surface area contributed by atoms with Crippen LogP contribution in [0.15, 0.2) is 30.3 Å². The highest BCUT2D eigenvalue weighted by Crippen LogP contribution is 2.29. The van der Waals surface area contributed by atoms with Crippen molar-refractivity contribution in [1.82, 2.24) is 10.6 Å². The number of carbonyl (C=O) groups is 2. The van der Waals surface area contributed by atoms with E-state index in [1.165, 1.54) is 6.42 Å². The van der Waals surface area contributed by atoms with Crippen molar-refractivity contribution in [2.24, 2.45) is 0 Å². The van der Waals surface area contributed by atoms with Crippen LogP contribution in [0, 0.1) is 0 Å². The summed E-state index contributed by atoms with van der Waals surface area (Å²) in [6.45, 7) is 0.591. The molecule has 3 amide bonds. The number of urea groups is 1. The molecule has 152 valence electrons. The first kappa shape index (κ1) is 19.0. The first-order valence-electron chi connectivity index (χ1n) is 10.0. The summed E-state index contributed by atoms with van der Waals surface area (Å²) < 4.78 is 17.1. The number of ether oxygens (including phenoxy) is 3. The Morgan fingerprint density at radius 1 is 0.929 bits per heavy atom. The molecule has 4 rings (SSSR count). The SMILES string of the molecule is O=C(Nc1ccccc1)N[C@@H]1CO[C@@H]2[C@@H]1OC[C@H]2OC(=O)NC1CCCCC1. The first-order valence-corrected chi connectivity index (χ1v) is 10.0. The van der Waals surface area contributed by atoms with Crippen LogP contribution in [0.1, 0.15) is 32.1 Å². The van der Waals surface area contributed by atoms with Crippen molar-refractivity contribution in [2.75, 3.05) is 18.5 Å². The summed E-state index contributed by atoms with van der Waals surface area (Å²) in [6.07, 6.45) is 3.96. The number of anilines is 1. The maximum Gasteiger partial charge on any atom is 0.407 e. The van der Waals surface area contributed by atoms with Gasteiger partial charge in [0.1, 0.15) is 12.2 Å². The van der Waals surface area contributed by atoms with Crippen LogP contribution in [0.5, 0.6) is 0 Å². The van der Waals surface area contributed by atoms with Gasteiger partial charge in [-0.2, -0.15) is 0 Å². The van der Waals surface area contributed by atoms with Gasteiger partial charge in [-0.3, -0.25) is 0 Å². The zero-order valence-corrected chi connectivity index (χ0v) is 15.8. The van der Waals surface area contributed by atoms with E-state index in [9.17, 15) is 9.59 Å². The second kappa shape index (κ2) is 8.79. The van der Waals surface area contributed by atoms with Gasteiger partial charge in [0.25, 0.3) is 0 Å². The third kappa shape index (κ3) is 4.56. The van der Waals surface area contributed by atoms with E-state index in [4.69, 9.17) is 14.2 Å². The molecular formula is C20H27N3O5. The van der Waals surface area contributed by atoms with E-state index >= 15 is 0 Å². The van der Waals surface area contributed by atoms with Crippen LogP contribution in [0.25, 0.3) is 0 Å². The number of rotatable bonds is 4. The Morgan fingerprint density at radius 2 is 1.68 bits per heavy atom. The number of amides is 3. The second-order valence-corrected chi connectivity index (χ2v) is 7.59. The van der Waals surface area contributed by atoms with Gasteiger partial charge in [0.2, 0.25) is 0 Å². The fourth-order valence-corrected chi connectivity index (χ4v) is 4.13. The van der Waals surface area contributed by atoms with Crippen LogP contribution >= 0.6 is 0 Å². The van der Waals surface area contributed by atoms with Gasteiger partial charge in [-0.05, 0) is 25.0 Å². The van der Waals surface area contributed by atoms with Crippen LogP contribution in [-0.4, -0.2) is 55.7 Å². The summed E-state index contributed by atoms with van der Waals surface area (Å²) in [7, 11) is 0. The average molecular weight is 389 g/mol. The molecule has 3 fully saturated rings. The van der Waals surface area contributed by atoms with E-state index in [-0.39, 0.29) is 36.9 Å². The van der Waals surface area contributed by atoms with E-state index in [2.05, 4.69) is 16.0 Å². The number of para-hydroxylation sites is 1. The molecule has 1 aromatic rings. The number of hydrogen-bond donors (Lipinski definition) is 3. The summed E-state index contributed by atoms with van der Waals surface area (Å²) in [5.41, 5.74) is 0.711. The Hall–Kier alpha value is -2.32. The van der Waals surface area contributed by atoms with Crippen molar-refractivity contribution in [2.45, 2.75) is 62.5 Å². The minimum atomic E-state index is -0.461. The Bertz CT molecular complexity index is 680. The van der Waals surface area contributed by atoms with Gasteiger partial charge >= 0.3 is 12.1 Å². The maximum absolute atomic E-state index is 12.2. The van der Waals surface area contributed by atoms with E-state index in [1.54, 1.807) is 0 Å². The van der Waals surface area contributed by atoms with Crippen LogP contribution in [0.3, 0.4) is 0 Å². The molecule has 4 atom stereocenters. The van der Waals surface area contributed by atoms with Gasteiger partial charge in [0, 0.05) is 11.7 Å². The highest BCUT2D eigenvalue weighted by molar-refractivity contribution is 5.89. The molecule has 0 radical (unpaired) electrons. The molecule has 0 unspecified atom stereocenters. The molecule has 1 aliphatic carbocycles. The lowest BCUT2D eigenvalue weighted by molar-refractivity contribution is 0.00271. The van der Waals surface area contributed by atoms with E-state index < -0.39 is 12.2 Å². The second-order valence-electron chi connectivity index (χ2n) is 7.59. The Morgan fingerprint density at radius 3 is 2.46 bits per heavy atom. The lowest BCUT2D eigenvalue weighted by atomic mass is 9.96. The van der Waals surface area contributed by atoms with Gasteiger partial charge in [0.05, 0.1) is 19.3 Å². The highest BCUT2D eigenvalue weighted by Gasteiger charge is 2.50. The number of benzene rings is 1. The lowest BCUT2D eigenvalue weighted by Crippen LogP contribution is -2.46. The normalized spacial score (nSPS) is 29.7. The molecule has 8 heteroatoms. The van der Waals surface area contributed by atoms with Crippen LogP contribution in [-0.2, 0) is 14.2 Å². The van der Waals surface area contributed by atoms with E-state index in [0.717, 1.165) is 25.7 Å². The van der Waals surface area contributed by atoms with Crippen LogP contribution in [0.2, 0.25) is 0 Å². The molecular weight excluding hydrogens is 362 g/mol. The van der Waals surface area contributed by atoms with E-state index in [1.807, 2.05) is 30.3 Å². The third-order valence-corrected chi connectivity index (χ3v) is 5.54. The molecule has 3 aliphatic rings. The number of nitrogens with one attached hydrogen (secondary N) is 3. The van der Waals surface area contributed by atoms with Gasteiger partial charge in [-0.25, -0.2) is 9.59 Å². The topological polar surface area (TPSA) is 97.9 Å². The predicted molar refractivity (Wildman–Crippen MR) is 102 cm³/mol. The molecule has 2 aliphatic heterocycles. The monoisotopic (exact) mass is 389 g/mol. The van der Waals surface area contributed by atoms with Gasteiger partial charge in [-0.15, -0.1) is 0 Å². The molecule has 28 heavy (non-hydrogen) atoms. The van der Waals surface area contributed by atoms with Gasteiger partial charge in [-0.1, -0.05) is 37.5 Å². The first-order chi connectivity index (χ1) is 13.7. The Balaban J connectivity index is 1.24. The van der Waals surface area contributed by atoms with E-state index in [0.29, 0.717) is 12.3 Å². The largest absolute Gasteiger partial charge is 0.441 e. The fourth-order valence-electron chi connectivity index (χ4n) is 4.13. The number of carbonyl (C=O) groups excluding carboxylic acids is 2. The summed E-state index contributed by atoms with van der Waals surface area (Å²) >= 11 is 0. The van der Waals surface area contributed by atoms with Crippen molar-refractivity contribution in [1.29, 1.82) is 0 Å². The molecule has 8 nitrogen and oxygen atoms in total. The van der Waals surface area contributed by atoms with Gasteiger partial charge in [0.15, 0.2) is 6.10 Å². The molecule has 1 aromatic carbocycles. The highest BCUT2D eigenvalue weighted by atomic mass is 16.6. The predicted octanol–water partition coefficient (Wildman–Crippen LogP) is 2.40. The molecule has 0 bridgehead atoms. The molecule has 0 spiro atoms. The quantitative estimate of drug-likeness (QED) is 0.735. The number of fused-ring (bicyclic) bond motifs is 1. The van der Waals surface area contributed by atoms with Crippen molar-refractivity contribution in [3.05, 3.63) is 30.3 Å². The van der Waals surface area contributed by atoms with Crippen LogP contribution in [0.4, 0.5) is 15.3 Å². The number of alkyl carbamates (subject to hydrolysis) is 1. The summed E-state index contributed by atoms with van der Waals surface area (Å²) in [4.78, 5) is 24.4. The molecule has 3 N–H and O–H groups in total. The Labute approximate surface area is 164 Å². The molecule has 0 aromatic heterocycles. The van der Waals surface area contributed by atoms with Crippen molar-refractivity contribution in [3.8, 4) is 0 Å². The van der Waals surface area contributed by atoms with Crippen molar-refractivity contribution < 1.29 is 23.8 Å². The minimum Gasteiger partial charge on any atom is -0.441 e. The third-order valence-electron chi connectivity index (χ3n) is 5.54. The number of hydrogen-bond acceptors (Lipinski definition) is 5. The lowest BCUT2D eigenvalue weighted by Gasteiger charge is -2.24. The minimum absolute atomic E-state index is 0.194. The zero-order valence-electron chi connectivity index (χ0n) is 15.8. The zero-order chi connectivity index (χ0) is 19.3.